The van der Waals surface area contributed by atoms with Crippen molar-refractivity contribution in [3.63, 3.8) is 0 Å². The highest BCUT2D eigenvalue weighted by atomic mass is 19.4. The molecule has 26 heavy (non-hydrogen) atoms. The van der Waals surface area contributed by atoms with Gasteiger partial charge in [0.25, 0.3) is 0 Å². The van der Waals surface area contributed by atoms with Gasteiger partial charge in [-0.25, -0.2) is 4.98 Å². The van der Waals surface area contributed by atoms with Crippen LogP contribution in [0.4, 0.5) is 13.2 Å². The predicted octanol–water partition coefficient (Wildman–Crippen LogP) is 3.51. The number of nitrogens with zero attached hydrogens (tertiary/aromatic N) is 1. The summed E-state index contributed by atoms with van der Waals surface area (Å²) in [7, 11) is 1.67. The maximum Gasteiger partial charge on any atom is 0.416 e. The van der Waals surface area contributed by atoms with E-state index in [1.54, 1.807) is 33.0 Å². The fourth-order valence-electron chi connectivity index (χ4n) is 2.01. The van der Waals surface area contributed by atoms with E-state index in [0.717, 1.165) is 12.1 Å². The Morgan fingerprint density at radius 1 is 1.19 bits per heavy atom. The van der Waals surface area contributed by atoms with Crippen LogP contribution in [0.25, 0.3) is 0 Å². The van der Waals surface area contributed by atoms with Crippen LogP contribution in [0.2, 0.25) is 0 Å². The predicted molar refractivity (Wildman–Crippen MR) is 90.7 cm³/mol. The lowest BCUT2D eigenvalue weighted by Gasteiger charge is -2.23. The zero-order valence-electron chi connectivity index (χ0n) is 14.6. The van der Waals surface area contributed by atoms with Crippen molar-refractivity contribution in [1.29, 1.82) is 0 Å². The number of hydrogen-bond acceptors (Lipinski definition) is 4. The molecule has 1 aromatic carbocycles. The zero-order chi connectivity index (χ0) is 19.4. The summed E-state index contributed by atoms with van der Waals surface area (Å²) in [6, 6.07) is 7.88. The first-order chi connectivity index (χ1) is 12.1. The molecule has 0 spiro atoms. The Morgan fingerprint density at radius 2 is 1.92 bits per heavy atom. The molecule has 2 N–H and O–H groups in total. The Kier molecular flexibility index (Phi) is 5.86. The maximum absolute atomic E-state index is 12.8. The summed E-state index contributed by atoms with van der Waals surface area (Å²) in [5.74, 6) is -0.0788. The van der Waals surface area contributed by atoms with E-state index in [1.165, 1.54) is 18.3 Å². The minimum absolute atomic E-state index is 0.0154. The van der Waals surface area contributed by atoms with Crippen LogP contribution in [-0.4, -0.2) is 23.5 Å². The summed E-state index contributed by atoms with van der Waals surface area (Å²) in [6.45, 7) is 3.59. The quantitative estimate of drug-likeness (QED) is 0.820. The molecule has 140 valence electrons. The third-order valence-corrected chi connectivity index (χ3v) is 3.86. The van der Waals surface area contributed by atoms with Gasteiger partial charge in [0.05, 0.1) is 11.1 Å². The second-order valence-corrected chi connectivity index (χ2v) is 6.15. The van der Waals surface area contributed by atoms with E-state index in [1.807, 2.05) is 0 Å². The molecule has 1 aromatic heterocycles. The molecular weight excluding hydrogens is 347 g/mol. The Balaban J connectivity index is 2.16. The average Bonchev–Trinajstić information content (AvgIpc) is 2.60. The molecule has 1 heterocycles. The SMILES string of the molecule is CNC(C)(C)C(=O)NCc1cccnc1Oc1cccc(C(F)(F)F)c1. The third-order valence-electron chi connectivity index (χ3n) is 3.86. The summed E-state index contributed by atoms with van der Waals surface area (Å²) in [4.78, 5) is 16.2. The number of nitrogens with one attached hydrogen (secondary N) is 2. The summed E-state index contributed by atoms with van der Waals surface area (Å²) >= 11 is 0. The van der Waals surface area contributed by atoms with Crippen LogP contribution in [0.3, 0.4) is 0 Å². The average molecular weight is 367 g/mol. The number of ether oxygens (including phenoxy) is 1. The topological polar surface area (TPSA) is 63.2 Å². The molecule has 0 aliphatic carbocycles. The molecule has 0 radical (unpaired) electrons. The summed E-state index contributed by atoms with van der Waals surface area (Å²) < 4.78 is 44.0. The van der Waals surface area contributed by atoms with Crippen molar-refractivity contribution in [2.75, 3.05) is 7.05 Å². The minimum Gasteiger partial charge on any atom is -0.439 e. The molecule has 2 rings (SSSR count). The summed E-state index contributed by atoms with van der Waals surface area (Å²) in [5.41, 5.74) is -1.02. The molecule has 0 saturated carbocycles. The number of hydrogen-bond donors (Lipinski definition) is 2. The lowest BCUT2D eigenvalue weighted by Crippen LogP contribution is -2.50. The molecule has 2 aromatic rings. The van der Waals surface area contributed by atoms with Crippen LogP contribution in [0.5, 0.6) is 11.6 Å². The highest BCUT2D eigenvalue weighted by molar-refractivity contribution is 5.85. The van der Waals surface area contributed by atoms with Crippen molar-refractivity contribution in [3.8, 4) is 11.6 Å². The fourth-order valence-corrected chi connectivity index (χ4v) is 2.01. The van der Waals surface area contributed by atoms with Gasteiger partial charge in [0.15, 0.2) is 0 Å². The van der Waals surface area contributed by atoms with Gasteiger partial charge < -0.3 is 15.4 Å². The first-order valence-corrected chi connectivity index (χ1v) is 7.89. The smallest absolute Gasteiger partial charge is 0.416 e. The maximum atomic E-state index is 12.8. The van der Waals surface area contributed by atoms with Gasteiger partial charge in [-0.3, -0.25) is 4.79 Å². The molecule has 8 heteroatoms. The Hall–Kier alpha value is -2.61. The molecule has 0 unspecified atom stereocenters. The van der Waals surface area contributed by atoms with E-state index < -0.39 is 17.3 Å². The number of benzene rings is 1. The summed E-state index contributed by atoms with van der Waals surface area (Å²) in [5, 5.41) is 5.64. The summed E-state index contributed by atoms with van der Waals surface area (Å²) in [6.07, 6.45) is -3.00. The normalized spacial score (nSPS) is 11.9. The van der Waals surface area contributed by atoms with Gasteiger partial charge in [0, 0.05) is 18.3 Å². The highest BCUT2D eigenvalue weighted by Gasteiger charge is 2.30. The first kappa shape index (κ1) is 19.7. The third kappa shape index (κ3) is 4.95. The van der Waals surface area contributed by atoms with E-state index in [-0.39, 0.29) is 24.1 Å². The van der Waals surface area contributed by atoms with E-state index in [0.29, 0.717) is 5.56 Å². The Morgan fingerprint density at radius 3 is 2.58 bits per heavy atom. The zero-order valence-corrected chi connectivity index (χ0v) is 14.6. The minimum atomic E-state index is -4.46. The van der Waals surface area contributed by atoms with E-state index >= 15 is 0 Å². The molecule has 1 amide bonds. The number of alkyl halides is 3. The van der Waals surface area contributed by atoms with Gasteiger partial charge in [-0.15, -0.1) is 0 Å². The number of carbonyl (C=O) groups is 1. The molecule has 0 bridgehead atoms. The van der Waals surface area contributed by atoms with Crippen molar-refractivity contribution in [2.45, 2.75) is 32.1 Å². The van der Waals surface area contributed by atoms with Crippen LogP contribution in [0, 0.1) is 0 Å². The molecule has 0 aliphatic rings. The number of halogens is 3. The Labute approximate surface area is 149 Å². The van der Waals surface area contributed by atoms with Crippen LogP contribution >= 0.6 is 0 Å². The van der Waals surface area contributed by atoms with Gasteiger partial charge in [0.1, 0.15) is 5.75 Å². The van der Waals surface area contributed by atoms with Crippen LogP contribution in [0.15, 0.2) is 42.6 Å². The lowest BCUT2D eigenvalue weighted by atomic mass is 10.1. The van der Waals surface area contributed by atoms with E-state index in [2.05, 4.69) is 15.6 Å². The number of rotatable bonds is 6. The standard InChI is InChI=1S/C18H20F3N3O2/c1-17(2,22-3)16(25)24-11-12-6-5-9-23-15(12)26-14-8-4-7-13(10-14)18(19,20)21/h4-10,22H,11H2,1-3H3,(H,24,25). The fraction of sp³-hybridized carbons (Fsp3) is 0.333. The highest BCUT2D eigenvalue weighted by Crippen LogP contribution is 2.32. The van der Waals surface area contributed by atoms with Gasteiger partial charge in [-0.2, -0.15) is 13.2 Å². The number of amides is 1. The van der Waals surface area contributed by atoms with Gasteiger partial charge in [-0.05, 0) is 45.2 Å². The van der Waals surface area contributed by atoms with E-state index in [4.69, 9.17) is 4.74 Å². The van der Waals surface area contributed by atoms with Crippen molar-refractivity contribution in [2.24, 2.45) is 0 Å². The molecule has 0 aliphatic heterocycles. The van der Waals surface area contributed by atoms with Crippen molar-refractivity contribution >= 4 is 5.91 Å². The lowest BCUT2D eigenvalue weighted by molar-refractivity contribution is -0.137. The Bertz CT molecular complexity index is 776. The van der Waals surface area contributed by atoms with Crippen molar-refractivity contribution < 1.29 is 22.7 Å². The van der Waals surface area contributed by atoms with Crippen molar-refractivity contribution in [3.05, 3.63) is 53.7 Å². The largest absolute Gasteiger partial charge is 0.439 e. The molecule has 0 saturated heterocycles. The van der Waals surface area contributed by atoms with Crippen LogP contribution in [0.1, 0.15) is 25.0 Å². The van der Waals surface area contributed by atoms with Crippen molar-refractivity contribution in [1.82, 2.24) is 15.6 Å². The number of carbonyl (C=O) groups excluding carboxylic acids is 1. The number of pyridine rings is 1. The van der Waals surface area contributed by atoms with Crippen LogP contribution < -0.4 is 15.4 Å². The molecule has 0 atom stereocenters. The first-order valence-electron chi connectivity index (χ1n) is 7.89. The van der Waals surface area contributed by atoms with Gasteiger partial charge in [-0.1, -0.05) is 12.1 Å². The molecular formula is C18H20F3N3O2. The number of aromatic nitrogens is 1. The van der Waals surface area contributed by atoms with Crippen LogP contribution in [-0.2, 0) is 17.5 Å². The molecule has 0 fully saturated rings. The van der Waals surface area contributed by atoms with Gasteiger partial charge >= 0.3 is 6.18 Å². The van der Waals surface area contributed by atoms with E-state index in [9.17, 15) is 18.0 Å². The molecule has 5 nitrogen and oxygen atoms in total. The van der Waals surface area contributed by atoms with Gasteiger partial charge in [0.2, 0.25) is 11.8 Å². The number of likely N-dealkylation sites (N-methyl/N-ethyl adjacent to an activating group) is 1. The monoisotopic (exact) mass is 367 g/mol. The second kappa shape index (κ2) is 7.74. The second-order valence-electron chi connectivity index (χ2n) is 6.15.